The van der Waals surface area contributed by atoms with Gasteiger partial charge in [0.25, 0.3) is 0 Å². The predicted octanol–water partition coefficient (Wildman–Crippen LogP) is 5.21. The highest BCUT2D eigenvalue weighted by Crippen LogP contribution is 2.43. The van der Waals surface area contributed by atoms with Gasteiger partial charge in [-0.2, -0.15) is 0 Å². The number of aryl methyl sites for hydroxylation is 1. The van der Waals surface area contributed by atoms with Gasteiger partial charge in [0.05, 0.1) is 12.7 Å². The number of piperidine rings is 1. The Labute approximate surface area is 230 Å². The van der Waals surface area contributed by atoms with Crippen molar-refractivity contribution in [3.05, 3.63) is 94.2 Å². The highest BCUT2D eigenvalue weighted by atomic mass is 19.1. The average Bonchev–Trinajstić information content (AvgIpc) is 3.59. The quantitative estimate of drug-likeness (QED) is 0.299. The molecular weight excluding hydrogens is 514 g/mol. The maximum Gasteiger partial charge on any atom is 0.250 e. The highest BCUT2D eigenvalue weighted by molar-refractivity contribution is 5.97. The van der Waals surface area contributed by atoms with Crippen molar-refractivity contribution in [2.75, 3.05) is 18.6 Å². The fourth-order valence-electron chi connectivity index (χ4n) is 6.00. The third-order valence-electron chi connectivity index (χ3n) is 7.99. The topological polar surface area (TPSA) is 77.3 Å². The molecule has 1 saturated carbocycles. The average molecular weight is 543 g/mol. The molecule has 6 rings (SSSR count). The lowest BCUT2D eigenvalue weighted by atomic mass is 9.97. The third-order valence-corrected chi connectivity index (χ3v) is 7.99. The molecular formula is C31H28F2N4O3. The molecule has 2 bridgehead atoms. The van der Waals surface area contributed by atoms with Gasteiger partial charge in [0.15, 0.2) is 11.6 Å². The van der Waals surface area contributed by atoms with E-state index in [4.69, 9.17) is 4.74 Å². The summed E-state index contributed by atoms with van der Waals surface area (Å²) in [5, 5.41) is 0. The Bertz CT molecular complexity index is 1690. The smallest absolute Gasteiger partial charge is 0.250 e. The number of halogens is 2. The van der Waals surface area contributed by atoms with Gasteiger partial charge in [0.2, 0.25) is 5.56 Å². The summed E-state index contributed by atoms with van der Waals surface area (Å²) in [6.45, 7) is 0.856. The Morgan fingerprint density at radius 1 is 1.10 bits per heavy atom. The van der Waals surface area contributed by atoms with E-state index in [9.17, 15) is 14.0 Å². The van der Waals surface area contributed by atoms with Crippen LogP contribution in [0.4, 0.5) is 14.5 Å². The number of carbonyl (C=O) groups excluding carboxylic acids is 1. The second-order valence-corrected chi connectivity index (χ2v) is 10.5. The number of nitrogens with zero attached hydrogens (tertiary/aromatic N) is 4. The SMILES string of the molecule is COc1cccc(F)c1-c1nccc(C(=O)Cc2cc(F)c(-c3ccc(=O)n(C)c3)cc2N2C[C@H]3CC[C@@H]2C3)n1. The monoisotopic (exact) mass is 542 g/mol. The fourth-order valence-corrected chi connectivity index (χ4v) is 6.00. The van der Waals surface area contributed by atoms with Crippen LogP contribution in [0.2, 0.25) is 0 Å². The molecule has 1 aliphatic carbocycles. The zero-order chi connectivity index (χ0) is 28.0. The molecule has 2 atom stereocenters. The van der Waals surface area contributed by atoms with Crippen molar-refractivity contribution in [1.82, 2.24) is 14.5 Å². The summed E-state index contributed by atoms with van der Waals surface area (Å²) >= 11 is 0. The number of pyridine rings is 1. The molecule has 1 saturated heterocycles. The standard InChI is InChI=1S/C31H28F2N4O3/c1-36-17-19(7-9-29(36)39)22-15-26(37-16-18-6-8-21(37)12-18)20(13-24(22)33)14-27(38)25-10-11-34-31(35-25)30-23(32)4-3-5-28(30)40-2/h3-5,7,9-11,13,15,17-18,21H,6,8,12,14,16H2,1-2H3/t18-,21+/m0/s1. The molecule has 204 valence electrons. The van der Waals surface area contributed by atoms with Gasteiger partial charge < -0.3 is 14.2 Å². The Morgan fingerprint density at radius 3 is 2.67 bits per heavy atom. The van der Waals surface area contributed by atoms with Crippen molar-refractivity contribution < 1.29 is 18.3 Å². The van der Waals surface area contributed by atoms with E-state index >= 15 is 4.39 Å². The third kappa shape index (κ3) is 4.65. The van der Waals surface area contributed by atoms with Crippen LogP contribution in [0.3, 0.4) is 0 Å². The molecule has 7 nitrogen and oxygen atoms in total. The lowest BCUT2D eigenvalue weighted by Crippen LogP contribution is -2.33. The number of Topliss-reactive ketones (excluding diaryl/α,β-unsaturated/α-hetero) is 1. The molecule has 2 fully saturated rings. The first-order chi connectivity index (χ1) is 19.3. The van der Waals surface area contributed by atoms with Crippen molar-refractivity contribution in [2.24, 2.45) is 13.0 Å². The van der Waals surface area contributed by atoms with Gasteiger partial charge in [-0.3, -0.25) is 9.59 Å². The van der Waals surface area contributed by atoms with Crippen LogP contribution in [-0.4, -0.2) is 40.0 Å². The number of benzene rings is 2. The first-order valence-electron chi connectivity index (χ1n) is 13.3. The second kappa shape index (κ2) is 10.3. The van der Waals surface area contributed by atoms with E-state index in [2.05, 4.69) is 14.9 Å². The lowest BCUT2D eigenvalue weighted by Gasteiger charge is -2.31. The second-order valence-electron chi connectivity index (χ2n) is 10.5. The molecule has 0 radical (unpaired) electrons. The molecule has 2 aromatic carbocycles. The summed E-state index contributed by atoms with van der Waals surface area (Å²) < 4.78 is 36.9. The van der Waals surface area contributed by atoms with Crippen molar-refractivity contribution in [3.63, 3.8) is 0 Å². The number of hydrogen-bond acceptors (Lipinski definition) is 6. The van der Waals surface area contributed by atoms with E-state index in [0.29, 0.717) is 28.7 Å². The molecule has 0 N–H and O–H groups in total. The normalized spacial score (nSPS) is 17.9. The molecule has 2 aromatic heterocycles. The van der Waals surface area contributed by atoms with E-state index in [1.165, 1.54) is 54.6 Å². The number of aromatic nitrogens is 3. The Hall–Kier alpha value is -4.40. The van der Waals surface area contributed by atoms with Gasteiger partial charge in [0, 0.05) is 61.3 Å². The van der Waals surface area contributed by atoms with E-state index in [-0.39, 0.29) is 40.6 Å². The van der Waals surface area contributed by atoms with Crippen LogP contribution >= 0.6 is 0 Å². The summed E-state index contributed by atoms with van der Waals surface area (Å²) in [7, 11) is 3.05. The van der Waals surface area contributed by atoms with Crippen LogP contribution in [0.15, 0.2) is 65.7 Å². The minimum absolute atomic E-state index is 0.0362. The number of rotatable bonds is 7. The van der Waals surface area contributed by atoms with Crippen molar-refractivity contribution in [1.29, 1.82) is 0 Å². The molecule has 40 heavy (non-hydrogen) atoms. The number of carbonyl (C=O) groups is 1. The molecule has 0 amide bonds. The van der Waals surface area contributed by atoms with Gasteiger partial charge in [-0.25, -0.2) is 18.7 Å². The number of anilines is 1. The maximum atomic E-state index is 15.6. The molecule has 9 heteroatoms. The van der Waals surface area contributed by atoms with Crippen LogP contribution in [0.25, 0.3) is 22.5 Å². The molecule has 2 aliphatic rings. The summed E-state index contributed by atoms with van der Waals surface area (Å²) in [4.78, 5) is 36.3. The molecule has 1 aliphatic heterocycles. The maximum absolute atomic E-state index is 15.6. The molecule has 3 heterocycles. The number of fused-ring (bicyclic) bond motifs is 2. The Morgan fingerprint density at radius 2 is 1.95 bits per heavy atom. The fraction of sp³-hybridized carbons (Fsp3) is 0.290. The number of ketones is 1. The van der Waals surface area contributed by atoms with Crippen LogP contribution in [-0.2, 0) is 13.5 Å². The summed E-state index contributed by atoms with van der Waals surface area (Å²) in [6.07, 6.45) is 6.26. The summed E-state index contributed by atoms with van der Waals surface area (Å²) in [6, 6.07) is 12.5. The zero-order valence-electron chi connectivity index (χ0n) is 22.2. The predicted molar refractivity (Wildman–Crippen MR) is 148 cm³/mol. The van der Waals surface area contributed by atoms with E-state index in [1.54, 1.807) is 31.4 Å². The summed E-state index contributed by atoms with van der Waals surface area (Å²) in [5.41, 5.74) is 2.33. The molecule has 0 spiro atoms. The van der Waals surface area contributed by atoms with E-state index in [0.717, 1.165) is 25.1 Å². The van der Waals surface area contributed by atoms with Crippen LogP contribution < -0.4 is 15.2 Å². The summed E-state index contributed by atoms with van der Waals surface area (Å²) in [5.74, 6) is -0.500. The van der Waals surface area contributed by atoms with E-state index < -0.39 is 11.6 Å². The number of methoxy groups -OCH3 is 1. The zero-order valence-corrected chi connectivity index (χ0v) is 22.2. The molecule has 0 unspecified atom stereocenters. The number of ether oxygens (including phenoxy) is 1. The Balaban J connectivity index is 1.38. The van der Waals surface area contributed by atoms with Gasteiger partial charge in [-0.1, -0.05) is 6.07 Å². The van der Waals surface area contributed by atoms with Crippen LogP contribution in [0, 0.1) is 17.6 Å². The highest BCUT2D eigenvalue weighted by Gasteiger charge is 2.39. The van der Waals surface area contributed by atoms with Gasteiger partial charge in [0.1, 0.15) is 23.1 Å². The molecule has 4 aromatic rings. The van der Waals surface area contributed by atoms with E-state index in [1.807, 2.05) is 0 Å². The van der Waals surface area contributed by atoms with Gasteiger partial charge in [-0.05, 0) is 67.1 Å². The van der Waals surface area contributed by atoms with Gasteiger partial charge >= 0.3 is 0 Å². The minimum Gasteiger partial charge on any atom is -0.496 e. The van der Waals surface area contributed by atoms with Crippen molar-refractivity contribution >= 4 is 11.5 Å². The lowest BCUT2D eigenvalue weighted by molar-refractivity contribution is 0.0988. The Kier molecular flexibility index (Phi) is 6.65. The van der Waals surface area contributed by atoms with Crippen LogP contribution in [0.5, 0.6) is 5.75 Å². The first kappa shape index (κ1) is 25.9. The first-order valence-corrected chi connectivity index (χ1v) is 13.3. The van der Waals surface area contributed by atoms with Gasteiger partial charge in [-0.15, -0.1) is 0 Å². The van der Waals surface area contributed by atoms with Crippen molar-refractivity contribution in [3.8, 4) is 28.3 Å². The van der Waals surface area contributed by atoms with Crippen LogP contribution in [0.1, 0.15) is 35.3 Å². The number of hydrogen-bond donors (Lipinski definition) is 0. The van der Waals surface area contributed by atoms with Crippen molar-refractivity contribution in [2.45, 2.75) is 31.7 Å². The minimum atomic E-state index is -0.564. The largest absolute Gasteiger partial charge is 0.496 e.